The van der Waals surface area contributed by atoms with Crippen LogP contribution in [0.4, 0.5) is 0 Å². The molecule has 0 bridgehead atoms. The van der Waals surface area contributed by atoms with E-state index in [1.165, 1.54) is 12.8 Å². The zero-order chi connectivity index (χ0) is 13.9. The third-order valence-electron chi connectivity index (χ3n) is 4.97. The Hall–Kier alpha value is -0.570. The summed E-state index contributed by atoms with van der Waals surface area (Å²) in [7, 11) is 0. The third kappa shape index (κ3) is 3.31. The van der Waals surface area contributed by atoms with Crippen LogP contribution in [-0.4, -0.2) is 35.6 Å². The highest BCUT2D eigenvalue weighted by Gasteiger charge is 2.44. The molecule has 2 fully saturated rings. The first-order valence-electron chi connectivity index (χ1n) is 7.97. The molecule has 3 nitrogen and oxygen atoms in total. The molecule has 0 aromatic carbocycles. The molecule has 0 atom stereocenters. The van der Waals surface area contributed by atoms with Crippen molar-refractivity contribution >= 4 is 5.91 Å². The molecule has 19 heavy (non-hydrogen) atoms. The summed E-state index contributed by atoms with van der Waals surface area (Å²) in [5.74, 6) is 1.42. The quantitative estimate of drug-likeness (QED) is 0.851. The Morgan fingerprint density at radius 3 is 2.32 bits per heavy atom. The molecule has 0 aromatic heterocycles. The van der Waals surface area contributed by atoms with Gasteiger partial charge in [-0.1, -0.05) is 26.7 Å². The van der Waals surface area contributed by atoms with Gasteiger partial charge in [0.05, 0.1) is 0 Å². The number of amides is 1. The number of hydrogen-bond acceptors (Lipinski definition) is 2. The van der Waals surface area contributed by atoms with Crippen LogP contribution in [0.25, 0.3) is 0 Å². The van der Waals surface area contributed by atoms with Crippen LogP contribution in [0.3, 0.4) is 0 Å². The van der Waals surface area contributed by atoms with Gasteiger partial charge in [-0.05, 0) is 43.9 Å². The topological polar surface area (TPSA) is 40.5 Å². The van der Waals surface area contributed by atoms with Crippen LogP contribution in [0.1, 0.15) is 58.8 Å². The van der Waals surface area contributed by atoms with Gasteiger partial charge in [-0.25, -0.2) is 0 Å². The summed E-state index contributed by atoms with van der Waals surface area (Å²) in [5.41, 5.74) is -0.0553. The standard InChI is InChI=1S/C16H29NO2/c1-13(2)11-16(7-3-4-8-16)15(19)17-9-5-14(12-18)6-10-17/h13-14,18H,3-12H2,1-2H3. The van der Waals surface area contributed by atoms with Gasteiger partial charge in [0.25, 0.3) is 0 Å². The molecule has 1 heterocycles. The largest absolute Gasteiger partial charge is 0.396 e. The first-order chi connectivity index (χ1) is 9.07. The van der Waals surface area contributed by atoms with Crippen LogP contribution < -0.4 is 0 Å². The lowest BCUT2D eigenvalue weighted by Crippen LogP contribution is -2.47. The molecule has 110 valence electrons. The molecule has 0 aromatic rings. The van der Waals surface area contributed by atoms with Crippen LogP contribution in [-0.2, 0) is 4.79 Å². The summed E-state index contributed by atoms with van der Waals surface area (Å²) in [6.45, 7) is 6.43. The van der Waals surface area contributed by atoms with E-state index < -0.39 is 0 Å². The highest BCUT2D eigenvalue weighted by Crippen LogP contribution is 2.45. The lowest BCUT2D eigenvalue weighted by Gasteiger charge is -2.39. The van der Waals surface area contributed by atoms with Crippen molar-refractivity contribution in [3.8, 4) is 0 Å². The molecule has 0 radical (unpaired) electrons. The number of nitrogens with zero attached hydrogens (tertiary/aromatic N) is 1. The molecule has 1 aliphatic carbocycles. The van der Waals surface area contributed by atoms with Crippen molar-refractivity contribution in [2.75, 3.05) is 19.7 Å². The third-order valence-corrected chi connectivity index (χ3v) is 4.97. The van der Waals surface area contributed by atoms with Gasteiger partial charge in [0, 0.05) is 25.1 Å². The maximum Gasteiger partial charge on any atom is 0.228 e. The van der Waals surface area contributed by atoms with Crippen molar-refractivity contribution < 1.29 is 9.90 Å². The molecule has 2 aliphatic rings. The molecule has 1 N–H and O–H groups in total. The van der Waals surface area contributed by atoms with Gasteiger partial charge >= 0.3 is 0 Å². The number of rotatable bonds is 4. The molecule has 1 amide bonds. The van der Waals surface area contributed by atoms with Crippen molar-refractivity contribution in [1.29, 1.82) is 0 Å². The molecule has 0 spiro atoms. The van der Waals surface area contributed by atoms with Crippen molar-refractivity contribution in [3.63, 3.8) is 0 Å². The van der Waals surface area contributed by atoms with Crippen molar-refractivity contribution in [2.24, 2.45) is 17.3 Å². The molecule has 0 unspecified atom stereocenters. The average Bonchev–Trinajstić information content (AvgIpc) is 2.87. The summed E-state index contributed by atoms with van der Waals surface area (Å²) in [6, 6.07) is 0. The predicted molar refractivity (Wildman–Crippen MR) is 76.7 cm³/mol. The monoisotopic (exact) mass is 267 g/mol. The van der Waals surface area contributed by atoms with Crippen LogP contribution >= 0.6 is 0 Å². The fraction of sp³-hybridized carbons (Fsp3) is 0.938. The van der Waals surface area contributed by atoms with E-state index in [1.54, 1.807) is 0 Å². The smallest absolute Gasteiger partial charge is 0.228 e. The van der Waals surface area contributed by atoms with Crippen molar-refractivity contribution in [3.05, 3.63) is 0 Å². The number of likely N-dealkylation sites (tertiary alicyclic amines) is 1. The fourth-order valence-electron chi connectivity index (χ4n) is 3.99. The fourth-order valence-corrected chi connectivity index (χ4v) is 3.99. The van der Waals surface area contributed by atoms with E-state index in [0.29, 0.717) is 17.7 Å². The van der Waals surface area contributed by atoms with Crippen LogP contribution in [0.15, 0.2) is 0 Å². The Kier molecular flexibility index (Phi) is 4.88. The van der Waals surface area contributed by atoms with E-state index in [4.69, 9.17) is 0 Å². The lowest BCUT2D eigenvalue weighted by molar-refractivity contribution is -0.144. The Labute approximate surface area is 117 Å². The molecule has 1 saturated heterocycles. The van der Waals surface area contributed by atoms with E-state index in [-0.39, 0.29) is 12.0 Å². The summed E-state index contributed by atoms with van der Waals surface area (Å²) in [4.78, 5) is 15.0. The predicted octanol–water partition coefficient (Wildman–Crippen LogP) is 2.82. The van der Waals surface area contributed by atoms with E-state index >= 15 is 0 Å². The zero-order valence-electron chi connectivity index (χ0n) is 12.5. The summed E-state index contributed by atoms with van der Waals surface area (Å²) in [5, 5.41) is 9.19. The minimum atomic E-state index is -0.0553. The van der Waals surface area contributed by atoms with Gasteiger partial charge in [-0.15, -0.1) is 0 Å². The average molecular weight is 267 g/mol. The van der Waals surface area contributed by atoms with Crippen LogP contribution in [0.5, 0.6) is 0 Å². The SMILES string of the molecule is CC(C)CC1(C(=O)N2CCC(CO)CC2)CCCC1. The normalized spacial score (nSPS) is 24.1. The van der Waals surface area contributed by atoms with E-state index in [9.17, 15) is 9.90 Å². The second-order valence-electron chi connectivity index (χ2n) is 7.00. The van der Waals surface area contributed by atoms with Gasteiger partial charge in [0.1, 0.15) is 0 Å². The lowest BCUT2D eigenvalue weighted by atomic mass is 9.77. The second-order valence-corrected chi connectivity index (χ2v) is 7.00. The molecular weight excluding hydrogens is 238 g/mol. The van der Waals surface area contributed by atoms with Gasteiger partial charge in [-0.2, -0.15) is 0 Å². The summed E-state index contributed by atoms with van der Waals surface area (Å²) < 4.78 is 0. The number of aliphatic hydroxyl groups is 1. The Morgan fingerprint density at radius 1 is 1.26 bits per heavy atom. The molecule has 1 aliphatic heterocycles. The number of aliphatic hydroxyl groups excluding tert-OH is 1. The van der Waals surface area contributed by atoms with Gasteiger partial charge in [-0.3, -0.25) is 4.79 Å². The summed E-state index contributed by atoms with van der Waals surface area (Å²) in [6.07, 6.45) is 7.59. The molecule has 2 rings (SSSR count). The number of carbonyl (C=O) groups excluding carboxylic acids is 1. The van der Waals surface area contributed by atoms with Crippen molar-refractivity contribution in [1.82, 2.24) is 4.90 Å². The minimum absolute atomic E-state index is 0.0553. The zero-order valence-corrected chi connectivity index (χ0v) is 12.5. The first-order valence-corrected chi connectivity index (χ1v) is 7.97. The highest BCUT2D eigenvalue weighted by atomic mass is 16.3. The highest BCUT2D eigenvalue weighted by molar-refractivity contribution is 5.83. The maximum atomic E-state index is 12.9. The maximum absolute atomic E-state index is 12.9. The van der Waals surface area contributed by atoms with Gasteiger partial charge in [0.15, 0.2) is 0 Å². The number of hydrogen-bond donors (Lipinski definition) is 1. The van der Waals surface area contributed by atoms with Gasteiger partial charge < -0.3 is 10.0 Å². The number of piperidine rings is 1. The van der Waals surface area contributed by atoms with E-state index in [2.05, 4.69) is 18.7 Å². The molecule has 1 saturated carbocycles. The first kappa shape index (κ1) is 14.8. The Morgan fingerprint density at radius 2 is 1.84 bits per heavy atom. The van der Waals surface area contributed by atoms with E-state index in [1.807, 2.05) is 0 Å². The van der Waals surface area contributed by atoms with Crippen LogP contribution in [0.2, 0.25) is 0 Å². The van der Waals surface area contributed by atoms with Crippen LogP contribution in [0, 0.1) is 17.3 Å². The number of carbonyl (C=O) groups is 1. The van der Waals surface area contributed by atoms with E-state index in [0.717, 1.165) is 45.2 Å². The Bertz CT molecular complexity index is 300. The minimum Gasteiger partial charge on any atom is -0.396 e. The molecule has 3 heteroatoms. The Balaban J connectivity index is 2.00. The summed E-state index contributed by atoms with van der Waals surface area (Å²) >= 11 is 0. The van der Waals surface area contributed by atoms with Gasteiger partial charge in [0.2, 0.25) is 5.91 Å². The molecular formula is C16H29NO2. The second kappa shape index (κ2) is 6.25. The van der Waals surface area contributed by atoms with Crippen molar-refractivity contribution in [2.45, 2.75) is 58.8 Å².